The predicted octanol–water partition coefficient (Wildman–Crippen LogP) is 5.34. The van der Waals surface area contributed by atoms with Crippen LogP contribution >= 0.6 is 0 Å². The summed E-state index contributed by atoms with van der Waals surface area (Å²) in [5.74, 6) is 8.56. The van der Waals surface area contributed by atoms with E-state index in [-0.39, 0.29) is 0 Å². The molecular formula is C26H29NO2. The molecule has 4 rings (SSSR count). The van der Waals surface area contributed by atoms with Crippen molar-refractivity contribution in [3.63, 3.8) is 0 Å². The molecule has 3 heteroatoms. The Bertz CT molecular complexity index is 859. The van der Waals surface area contributed by atoms with E-state index < -0.39 is 0 Å². The molecule has 2 aliphatic heterocycles. The van der Waals surface area contributed by atoms with Crippen LogP contribution in [0.5, 0.6) is 0 Å². The second kappa shape index (κ2) is 10.2. The molecule has 0 amide bonds. The highest BCUT2D eigenvalue weighted by atomic mass is 16.5. The summed E-state index contributed by atoms with van der Waals surface area (Å²) in [6, 6.07) is 10.9. The number of rotatable bonds is 5. The van der Waals surface area contributed by atoms with Gasteiger partial charge in [0.05, 0.1) is 0 Å². The fourth-order valence-corrected chi connectivity index (χ4v) is 4.05. The lowest BCUT2D eigenvalue weighted by Gasteiger charge is -2.31. The molecule has 0 spiro atoms. The van der Waals surface area contributed by atoms with Crippen LogP contribution in [0.4, 0.5) is 0 Å². The van der Waals surface area contributed by atoms with Crippen molar-refractivity contribution in [3.8, 4) is 11.8 Å². The average molecular weight is 388 g/mol. The third kappa shape index (κ3) is 5.89. The van der Waals surface area contributed by atoms with Gasteiger partial charge in [-0.3, -0.25) is 0 Å². The van der Waals surface area contributed by atoms with Gasteiger partial charge in [-0.05, 0) is 68.2 Å². The predicted molar refractivity (Wildman–Crippen MR) is 116 cm³/mol. The summed E-state index contributed by atoms with van der Waals surface area (Å²) in [5.41, 5.74) is 2.63. The minimum Gasteiger partial charge on any atom is -0.464 e. The molecule has 1 saturated heterocycles. The SMILES string of the molecule is C(#CC1=COC=C(C2=CC=CCC2)O1)CCN1CCC(Cc2ccccc2)CC1. The summed E-state index contributed by atoms with van der Waals surface area (Å²) >= 11 is 0. The Kier molecular flexibility index (Phi) is 6.89. The van der Waals surface area contributed by atoms with Crippen LogP contribution in [0.2, 0.25) is 0 Å². The van der Waals surface area contributed by atoms with E-state index in [0.717, 1.165) is 37.5 Å². The lowest BCUT2D eigenvalue weighted by atomic mass is 9.90. The van der Waals surface area contributed by atoms with Gasteiger partial charge in [0.2, 0.25) is 5.76 Å². The van der Waals surface area contributed by atoms with E-state index >= 15 is 0 Å². The first-order valence-electron chi connectivity index (χ1n) is 10.7. The average Bonchev–Trinajstić information content (AvgIpc) is 2.79. The van der Waals surface area contributed by atoms with Crippen LogP contribution in [0, 0.1) is 17.8 Å². The van der Waals surface area contributed by atoms with Crippen LogP contribution in [0.25, 0.3) is 0 Å². The number of allylic oxidation sites excluding steroid dienone is 5. The number of piperidine rings is 1. The molecule has 0 bridgehead atoms. The fourth-order valence-electron chi connectivity index (χ4n) is 4.05. The first kappa shape index (κ1) is 19.6. The van der Waals surface area contributed by atoms with Crippen molar-refractivity contribution >= 4 is 0 Å². The van der Waals surface area contributed by atoms with E-state index in [1.165, 1.54) is 43.5 Å². The van der Waals surface area contributed by atoms with Crippen molar-refractivity contribution in [2.24, 2.45) is 5.92 Å². The van der Waals surface area contributed by atoms with Crippen LogP contribution in [0.3, 0.4) is 0 Å². The molecule has 1 aromatic carbocycles. The van der Waals surface area contributed by atoms with Gasteiger partial charge < -0.3 is 14.4 Å². The second-order valence-electron chi connectivity index (χ2n) is 7.89. The van der Waals surface area contributed by atoms with Crippen molar-refractivity contribution in [2.45, 2.75) is 38.5 Å². The zero-order chi connectivity index (χ0) is 19.7. The van der Waals surface area contributed by atoms with E-state index in [1.54, 1.807) is 12.5 Å². The van der Waals surface area contributed by atoms with Gasteiger partial charge in [-0.25, -0.2) is 0 Å². The lowest BCUT2D eigenvalue weighted by Crippen LogP contribution is -2.34. The summed E-state index contributed by atoms with van der Waals surface area (Å²) in [4.78, 5) is 2.54. The van der Waals surface area contributed by atoms with E-state index in [0.29, 0.717) is 5.76 Å². The molecule has 1 aliphatic carbocycles. The highest BCUT2D eigenvalue weighted by Crippen LogP contribution is 2.26. The topological polar surface area (TPSA) is 21.7 Å². The third-order valence-corrected chi connectivity index (χ3v) is 5.74. The molecule has 3 nitrogen and oxygen atoms in total. The first-order valence-corrected chi connectivity index (χ1v) is 10.7. The standard InChI is InChI=1S/C26H29NO2/c1-3-9-22(10-4-1)19-23-14-17-27(18-15-23)16-8-7-13-25-20-28-21-26(29-25)24-11-5-2-6-12-24/h1-5,9-11,20-21,23H,6,8,12,14-19H2. The largest absolute Gasteiger partial charge is 0.464 e. The maximum atomic E-state index is 5.90. The fraction of sp³-hybridized carbons (Fsp3) is 0.385. The summed E-state index contributed by atoms with van der Waals surface area (Å²) in [6.45, 7) is 3.38. The molecule has 2 heterocycles. The molecule has 29 heavy (non-hydrogen) atoms. The number of ether oxygens (including phenoxy) is 2. The van der Waals surface area contributed by atoms with Crippen LogP contribution < -0.4 is 0 Å². The molecule has 150 valence electrons. The Morgan fingerprint density at radius 2 is 1.93 bits per heavy atom. The Hall–Kier alpha value is -2.70. The molecule has 0 saturated carbocycles. The smallest absolute Gasteiger partial charge is 0.212 e. The number of nitrogens with zero attached hydrogens (tertiary/aromatic N) is 1. The maximum Gasteiger partial charge on any atom is 0.212 e. The highest BCUT2D eigenvalue weighted by molar-refractivity contribution is 5.36. The first-order chi connectivity index (χ1) is 14.4. The monoisotopic (exact) mass is 387 g/mol. The van der Waals surface area contributed by atoms with Gasteiger partial charge in [0.15, 0.2) is 5.76 Å². The molecule has 0 radical (unpaired) electrons. The van der Waals surface area contributed by atoms with Crippen LogP contribution in [-0.2, 0) is 15.9 Å². The summed E-state index contributed by atoms with van der Waals surface area (Å²) in [5, 5.41) is 0. The summed E-state index contributed by atoms with van der Waals surface area (Å²) in [7, 11) is 0. The van der Waals surface area contributed by atoms with Gasteiger partial charge in [0.1, 0.15) is 12.5 Å². The van der Waals surface area contributed by atoms with Crippen molar-refractivity contribution in [1.82, 2.24) is 4.90 Å². The van der Waals surface area contributed by atoms with Gasteiger partial charge in [0, 0.05) is 13.0 Å². The number of benzene rings is 1. The van der Waals surface area contributed by atoms with Gasteiger partial charge in [-0.1, -0.05) is 54.5 Å². The molecule has 0 unspecified atom stereocenters. The highest BCUT2D eigenvalue weighted by Gasteiger charge is 2.19. The second-order valence-corrected chi connectivity index (χ2v) is 7.89. The van der Waals surface area contributed by atoms with Crippen molar-refractivity contribution in [1.29, 1.82) is 0 Å². The van der Waals surface area contributed by atoms with Crippen LogP contribution in [0.15, 0.2) is 78.2 Å². The van der Waals surface area contributed by atoms with Crippen LogP contribution in [0.1, 0.15) is 37.7 Å². The maximum absolute atomic E-state index is 5.90. The lowest BCUT2D eigenvalue weighted by molar-refractivity contribution is 0.187. The minimum atomic E-state index is 0.597. The molecular weight excluding hydrogens is 358 g/mol. The number of hydrogen-bond acceptors (Lipinski definition) is 3. The van der Waals surface area contributed by atoms with E-state index in [4.69, 9.17) is 9.47 Å². The Morgan fingerprint density at radius 3 is 2.72 bits per heavy atom. The van der Waals surface area contributed by atoms with Gasteiger partial charge >= 0.3 is 0 Å². The molecule has 3 aliphatic rings. The van der Waals surface area contributed by atoms with Crippen molar-refractivity contribution < 1.29 is 9.47 Å². The molecule has 1 aromatic rings. The van der Waals surface area contributed by atoms with E-state index in [2.05, 4.69) is 65.3 Å². The molecule has 0 aromatic heterocycles. The minimum absolute atomic E-state index is 0.597. The normalized spacial score (nSPS) is 19.8. The van der Waals surface area contributed by atoms with Gasteiger partial charge in [0.25, 0.3) is 0 Å². The van der Waals surface area contributed by atoms with E-state index in [1.807, 2.05) is 0 Å². The zero-order valence-corrected chi connectivity index (χ0v) is 17.0. The Balaban J connectivity index is 1.17. The number of hydrogen-bond donors (Lipinski definition) is 0. The zero-order valence-electron chi connectivity index (χ0n) is 17.0. The van der Waals surface area contributed by atoms with Crippen molar-refractivity contribution in [3.05, 3.63) is 83.7 Å². The quantitative estimate of drug-likeness (QED) is 0.637. The van der Waals surface area contributed by atoms with Gasteiger partial charge in [-0.2, -0.15) is 0 Å². The molecule has 1 fully saturated rings. The van der Waals surface area contributed by atoms with Crippen LogP contribution in [-0.4, -0.2) is 24.5 Å². The van der Waals surface area contributed by atoms with E-state index in [9.17, 15) is 0 Å². The molecule has 0 atom stereocenters. The summed E-state index contributed by atoms with van der Waals surface area (Å²) in [6.07, 6.45) is 16.2. The Morgan fingerprint density at radius 1 is 1.07 bits per heavy atom. The number of likely N-dealkylation sites (tertiary alicyclic amines) is 1. The molecule has 0 N–H and O–H groups in total. The van der Waals surface area contributed by atoms with Crippen molar-refractivity contribution in [2.75, 3.05) is 19.6 Å². The van der Waals surface area contributed by atoms with Gasteiger partial charge in [-0.15, -0.1) is 0 Å². The summed E-state index contributed by atoms with van der Waals surface area (Å²) < 4.78 is 11.3. The Labute approximate surface area is 174 Å². The third-order valence-electron chi connectivity index (χ3n) is 5.74.